The summed E-state index contributed by atoms with van der Waals surface area (Å²) in [6.07, 6.45) is 4.80. The van der Waals surface area contributed by atoms with Crippen molar-refractivity contribution < 1.29 is 16.8 Å². The van der Waals surface area contributed by atoms with Gasteiger partial charge in [0.05, 0.1) is 9.79 Å². The molecule has 1 N–H and O–H groups in total. The lowest BCUT2D eigenvalue weighted by atomic mass is 10.2. The lowest BCUT2D eigenvalue weighted by Gasteiger charge is -2.19. The summed E-state index contributed by atoms with van der Waals surface area (Å²) in [7, 11) is -4.33. The average Bonchev–Trinajstić information content (AvgIpc) is 2.83. The van der Waals surface area contributed by atoms with Crippen molar-refractivity contribution in [3.05, 3.63) is 24.3 Å². The third-order valence-electron chi connectivity index (χ3n) is 4.33. The maximum absolute atomic E-state index is 12.3. The molecule has 2 rings (SSSR count). The van der Waals surface area contributed by atoms with E-state index in [4.69, 9.17) is 0 Å². The van der Waals surface area contributed by atoms with Gasteiger partial charge in [0.15, 0.2) is 0 Å². The maximum atomic E-state index is 12.3. The Morgan fingerprint density at radius 2 is 1.44 bits per heavy atom. The zero-order valence-corrected chi connectivity index (χ0v) is 16.4. The predicted octanol–water partition coefficient (Wildman–Crippen LogP) is 1.09. The summed E-state index contributed by atoms with van der Waals surface area (Å²) in [6.45, 7) is 3.06. The molecule has 0 spiro atoms. The summed E-state index contributed by atoms with van der Waals surface area (Å²) >= 11 is 0. The molecular weight excluding hydrogens is 362 g/mol. The van der Waals surface area contributed by atoms with Gasteiger partial charge in [-0.05, 0) is 50.2 Å². The van der Waals surface area contributed by atoms with Crippen molar-refractivity contribution in [2.24, 2.45) is 0 Å². The van der Waals surface area contributed by atoms with E-state index in [1.807, 2.05) is 0 Å². The maximum Gasteiger partial charge on any atom is 0.242 e. The van der Waals surface area contributed by atoms with Crippen LogP contribution in [0.5, 0.6) is 0 Å². The molecule has 0 unspecified atom stereocenters. The van der Waals surface area contributed by atoms with Crippen molar-refractivity contribution in [2.75, 3.05) is 40.3 Å². The Kier molecular flexibility index (Phi) is 6.98. The van der Waals surface area contributed by atoms with Crippen molar-refractivity contribution >= 4 is 20.0 Å². The largest absolute Gasteiger partial charge is 0.302 e. The Balaban J connectivity index is 1.97. The second kappa shape index (κ2) is 8.59. The summed E-state index contributed by atoms with van der Waals surface area (Å²) in [4.78, 5) is 2.42. The Labute approximate surface area is 151 Å². The number of hydrogen-bond acceptors (Lipinski definition) is 5. The molecular formula is C16H27N3O4S2. The van der Waals surface area contributed by atoms with Crippen molar-refractivity contribution in [3.8, 4) is 0 Å². The van der Waals surface area contributed by atoms with Gasteiger partial charge >= 0.3 is 0 Å². The molecule has 0 atom stereocenters. The fourth-order valence-electron chi connectivity index (χ4n) is 2.78. The summed E-state index contributed by atoms with van der Waals surface area (Å²) < 4.78 is 52.4. The number of sulfonamides is 2. The first kappa shape index (κ1) is 20.3. The Hall–Kier alpha value is -1.00. The minimum Gasteiger partial charge on any atom is -0.302 e. The van der Waals surface area contributed by atoms with E-state index >= 15 is 0 Å². The standard InChI is InChI=1S/C16H27N3O4S2/c1-18(2)25(22,23)16-9-7-15(8-10-16)24(20,21)17-11-14-19-12-5-3-4-6-13-19/h7-10,17H,3-6,11-14H2,1-2H3. The van der Waals surface area contributed by atoms with Gasteiger partial charge in [-0.2, -0.15) is 0 Å². The fraction of sp³-hybridized carbons (Fsp3) is 0.625. The van der Waals surface area contributed by atoms with Gasteiger partial charge in [0.25, 0.3) is 0 Å². The molecule has 1 aliphatic heterocycles. The van der Waals surface area contributed by atoms with Crippen molar-refractivity contribution in [3.63, 3.8) is 0 Å². The van der Waals surface area contributed by atoms with E-state index in [0.29, 0.717) is 13.1 Å². The van der Waals surface area contributed by atoms with E-state index in [2.05, 4.69) is 9.62 Å². The zero-order chi connectivity index (χ0) is 18.5. The molecule has 1 heterocycles. The van der Waals surface area contributed by atoms with Gasteiger partial charge in [-0.1, -0.05) is 12.8 Å². The Morgan fingerprint density at radius 1 is 0.920 bits per heavy atom. The number of nitrogens with zero attached hydrogens (tertiary/aromatic N) is 2. The molecule has 0 aromatic heterocycles. The summed E-state index contributed by atoms with van der Waals surface area (Å²) in [5, 5.41) is 0. The number of likely N-dealkylation sites (tertiary alicyclic amines) is 1. The van der Waals surface area contributed by atoms with Crippen LogP contribution >= 0.6 is 0 Å². The van der Waals surface area contributed by atoms with E-state index in [1.165, 1.54) is 51.2 Å². The van der Waals surface area contributed by atoms with Crippen LogP contribution in [0.3, 0.4) is 0 Å². The smallest absolute Gasteiger partial charge is 0.242 e. The number of benzene rings is 1. The quantitative estimate of drug-likeness (QED) is 0.754. The Bertz CT molecular complexity index is 751. The molecule has 0 bridgehead atoms. The lowest BCUT2D eigenvalue weighted by Crippen LogP contribution is -2.35. The number of rotatable bonds is 7. The van der Waals surface area contributed by atoms with Gasteiger partial charge in [-0.25, -0.2) is 25.9 Å². The molecule has 9 heteroatoms. The van der Waals surface area contributed by atoms with Gasteiger partial charge in [0, 0.05) is 27.2 Å². The van der Waals surface area contributed by atoms with Crippen LogP contribution in [0, 0.1) is 0 Å². The molecule has 1 saturated heterocycles. The van der Waals surface area contributed by atoms with Gasteiger partial charge in [0.2, 0.25) is 20.0 Å². The lowest BCUT2D eigenvalue weighted by molar-refractivity contribution is 0.290. The Morgan fingerprint density at radius 3 is 1.96 bits per heavy atom. The molecule has 1 aromatic carbocycles. The molecule has 0 amide bonds. The monoisotopic (exact) mass is 389 g/mol. The highest BCUT2D eigenvalue weighted by Gasteiger charge is 2.19. The third-order valence-corrected chi connectivity index (χ3v) is 7.64. The minimum absolute atomic E-state index is 0.0704. The average molecular weight is 390 g/mol. The van der Waals surface area contributed by atoms with E-state index in [1.54, 1.807) is 0 Å². The minimum atomic E-state index is -3.64. The SMILES string of the molecule is CN(C)S(=O)(=O)c1ccc(S(=O)(=O)NCCN2CCCCCC2)cc1. The zero-order valence-electron chi connectivity index (χ0n) is 14.8. The molecule has 142 valence electrons. The number of hydrogen-bond donors (Lipinski definition) is 1. The highest BCUT2D eigenvalue weighted by atomic mass is 32.2. The van der Waals surface area contributed by atoms with Crippen LogP contribution in [-0.4, -0.2) is 66.3 Å². The van der Waals surface area contributed by atoms with Crippen molar-refractivity contribution in [1.82, 2.24) is 13.9 Å². The van der Waals surface area contributed by atoms with E-state index in [0.717, 1.165) is 30.2 Å². The first-order chi connectivity index (χ1) is 11.7. The number of nitrogens with one attached hydrogen (secondary N) is 1. The van der Waals surface area contributed by atoms with Crippen LogP contribution in [0.4, 0.5) is 0 Å². The highest BCUT2D eigenvalue weighted by molar-refractivity contribution is 7.89. The van der Waals surface area contributed by atoms with Gasteiger partial charge in [-0.3, -0.25) is 0 Å². The molecule has 7 nitrogen and oxygen atoms in total. The molecule has 1 fully saturated rings. The van der Waals surface area contributed by atoms with Crippen LogP contribution in [0.1, 0.15) is 25.7 Å². The normalized spacial score (nSPS) is 17.6. The topological polar surface area (TPSA) is 86.8 Å². The van der Waals surface area contributed by atoms with Crippen molar-refractivity contribution in [2.45, 2.75) is 35.5 Å². The van der Waals surface area contributed by atoms with Crippen LogP contribution in [-0.2, 0) is 20.0 Å². The third kappa shape index (κ3) is 5.49. The first-order valence-electron chi connectivity index (χ1n) is 8.48. The summed E-state index contributed by atoms with van der Waals surface area (Å²) in [5.74, 6) is 0. The van der Waals surface area contributed by atoms with Crippen LogP contribution < -0.4 is 4.72 Å². The van der Waals surface area contributed by atoms with Crippen LogP contribution in [0.15, 0.2) is 34.1 Å². The second-order valence-electron chi connectivity index (χ2n) is 6.41. The van der Waals surface area contributed by atoms with Gasteiger partial charge in [0.1, 0.15) is 0 Å². The van der Waals surface area contributed by atoms with Crippen LogP contribution in [0.25, 0.3) is 0 Å². The van der Waals surface area contributed by atoms with E-state index in [-0.39, 0.29) is 9.79 Å². The summed E-state index contributed by atoms with van der Waals surface area (Å²) in [6, 6.07) is 5.28. The summed E-state index contributed by atoms with van der Waals surface area (Å²) in [5.41, 5.74) is 0. The molecule has 1 aliphatic rings. The van der Waals surface area contributed by atoms with Gasteiger partial charge in [-0.15, -0.1) is 0 Å². The molecule has 1 aromatic rings. The molecule has 0 saturated carbocycles. The van der Waals surface area contributed by atoms with Crippen molar-refractivity contribution in [1.29, 1.82) is 0 Å². The van der Waals surface area contributed by atoms with Gasteiger partial charge < -0.3 is 4.90 Å². The van der Waals surface area contributed by atoms with E-state index < -0.39 is 20.0 Å². The van der Waals surface area contributed by atoms with E-state index in [9.17, 15) is 16.8 Å². The fourth-order valence-corrected chi connectivity index (χ4v) is 4.71. The van der Waals surface area contributed by atoms with Crippen LogP contribution in [0.2, 0.25) is 0 Å². The predicted molar refractivity (Wildman–Crippen MR) is 97.4 cm³/mol. The molecule has 25 heavy (non-hydrogen) atoms. The highest BCUT2D eigenvalue weighted by Crippen LogP contribution is 2.16. The molecule has 0 radical (unpaired) electrons. The first-order valence-corrected chi connectivity index (χ1v) is 11.4. The second-order valence-corrected chi connectivity index (χ2v) is 10.3. The molecule has 0 aliphatic carbocycles.